The van der Waals surface area contributed by atoms with E-state index in [-0.39, 0.29) is 6.04 Å². The summed E-state index contributed by atoms with van der Waals surface area (Å²) in [7, 11) is -3.45. The molecule has 4 rings (SSSR count). The number of rotatable bonds is 3. The summed E-state index contributed by atoms with van der Waals surface area (Å²) in [6.45, 7) is 1.60. The van der Waals surface area contributed by atoms with Crippen molar-refractivity contribution in [3.05, 3.63) is 36.2 Å². The summed E-state index contributed by atoms with van der Waals surface area (Å²) in [5, 5.41) is 8.30. The maximum atomic E-state index is 12.8. The Balaban J connectivity index is 1.51. The Labute approximate surface area is 134 Å². The molecule has 1 aromatic carbocycles. The molecule has 0 amide bonds. The molecule has 2 aliphatic heterocycles. The number of benzene rings is 1. The van der Waals surface area contributed by atoms with Gasteiger partial charge in [0.1, 0.15) is 5.75 Å². The minimum Gasteiger partial charge on any atom is -0.493 e. The van der Waals surface area contributed by atoms with Crippen LogP contribution in [-0.2, 0) is 16.4 Å². The fourth-order valence-corrected chi connectivity index (χ4v) is 4.72. The van der Waals surface area contributed by atoms with Crippen LogP contribution in [0.5, 0.6) is 5.75 Å². The average molecular weight is 334 g/mol. The summed E-state index contributed by atoms with van der Waals surface area (Å²) in [6.07, 6.45) is 5.52. The lowest BCUT2D eigenvalue weighted by molar-refractivity contribution is 0.245. The van der Waals surface area contributed by atoms with Gasteiger partial charge in [-0.25, -0.2) is 8.42 Å². The maximum Gasteiger partial charge on any atom is 0.243 e. The van der Waals surface area contributed by atoms with E-state index in [0.717, 1.165) is 30.6 Å². The van der Waals surface area contributed by atoms with Crippen LogP contribution in [0.2, 0.25) is 0 Å². The van der Waals surface area contributed by atoms with Gasteiger partial charge in [0.25, 0.3) is 0 Å². The molecule has 2 aromatic rings. The van der Waals surface area contributed by atoms with Crippen LogP contribution in [0, 0.1) is 0 Å². The second kappa shape index (κ2) is 5.61. The minimum absolute atomic E-state index is 0.171. The summed E-state index contributed by atoms with van der Waals surface area (Å²) in [5.41, 5.74) is 0.974. The van der Waals surface area contributed by atoms with Gasteiger partial charge in [-0.3, -0.25) is 0 Å². The summed E-state index contributed by atoms with van der Waals surface area (Å²) < 4.78 is 32.7. The van der Waals surface area contributed by atoms with Gasteiger partial charge in [-0.15, -0.1) is 0 Å². The van der Waals surface area contributed by atoms with Gasteiger partial charge in [-0.05, 0) is 36.6 Å². The van der Waals surface area contributed by atoms with E-state index in [9.17, 15) is 8.42 Å². The van der Waals surface area contributed by atoms with Crippen molar-refractivity contribution >= 4 is 10.0 Å². The van der Waals surface area contributed by atoms with E-state index in [1.54, 1.807) is 39.7 Å². The zero-order chi connectivity index (χ0) is 15.9. The molecule has 0 bridgehead atoms. The maximum absolute atomic E-state index is 12.8. The Hall–Kier alpha value is -1.93. The molecule has 23 heavy (non-hydrogen) atoms. The Kier molecular flexibility index (Phi) is 3.57. The monoisotopic (exact) mass is 334 g/mol. The Morgan fingerprint density at radius 2 is 1.87 bits per heavy atom. The molecule has 0 unspecified atom stereocenters. The molecule has 0 atom stereocenters. The van der Waals surface area contributed by atoms with Gasteiger partial charge in [-0.2, -0.15) is 19.3 Å². The zero-order valence-electron chi connectivity index (χ0n) is 12.6. The average Bonchev–Trinajstić information content (AvgIpc) is 3.25. The van der Waals surface area contributed by atoms with Gasteiger partial charge in [0.05, 0.1) is 29.9 Å². The van der Waals surface area contributed by atoms with E-state index in [0.29, 0.717) is 24.6 Å². The number of nitrogens with zero attached hydrogens (tertiary/aromatic N) is 4. The van der Waals surface area contributed by atoms with E-state index < -0.39 is 10.0 Å². The first-order chi connectivity index (χ1) is 11.1. The van der Waals surface area contributed by atoms with Crippen molar-refractivity contribution < 1.29 is 13.2 Å². The zero-order valence-corrected chi connectivity index (χ0v) is 13.4. The quantitative estimate of drug-likeness (QED) is 0.844. The first-order valence-corrected chi connectivity index (χ1v) is 9.20. The van der Waals surface area contributed by atoms with Crippen molar-refractivity contribution in [2.45, 2.75) is 30.2 Å². The molecule has 0 N–H and O–H groups in total. The third-order valence-electron chi connectivity index (χ3n) is 4.49. The van der Waals surface area contributed by atoms with E-state index in [2.05, 4.69) is 10.2 Å². The largest absolute Gasteiger partial charge is 0.493 e. The lowest BCUT2D eigenvalue weighted by Crippen LogP contribution is -2.39. The first-order valence-electron chi connectivity index (χ1n) is 7.76. The summed E-state index contributed by atoms with van der Waals surface area (Å²) in [5.74, 6) is 0.799. The third kappa shape index (κ3) is 2.61. The number of ether oxygens (including phenoxy) is 1. The van der Waals surface area contributed by atoms with Crippen LogP contribution in [0.4, 0.5) is 0 Å². The Morgan fingerprint density at radius 1 is 1.13 bits per heavy atom. The van der Waals surface area contributed by atoms with Crippen molar-refractivity contribution in [1.29, 1.82) is 0 Å². The molecule has 122 valence electrons. The SMILES string of the molecule is O=S(=O)(c1ccc2c(c1)CCO2)N1CCC(n2nccn2)CC1. The number of piperidine rings is 1. The third-order valence-corrected chi connectivity index (χ3v) is 6.38. The molecule has 0 aliphatic carbocycles. The highest BCUT2D eigenvalue weighted by Gasteiger charge is 2.31. The number of hydrogen-bond donors (Lipinski definition) is 0. The smallest absolute Gasteiger partial charge is 0.243 e. The first kappa shape index (κ1) is 14.6. The van der Waals surface area contributed by atoms with Crippen molar-refractivity contribution in [3.63, 3.8) is 0 Å². The van der Waals surface area contributed by atoms with E-state index in [4.69, 9.17) is 4.74 Å². The highest BCUT2D eigenvalue weighted by Crippen LogP contribution is 2.30. The lowest BCUT2D eigenvalue weighted by Gasteiger charge is -2.30. The Morgan fingerprint density at radius 3 is 2.61 bits per heavy atom. The topological polar surface area (TPSA) is 77.3 Å². The summed E-state index contributed by atoms with van der Waals surface area (Å²) >= 11 is 0. The summed E-state index contributed by atoms with van der Waals surface area (Å²) in [4.78, 5) is 2.04. The molecule has 1 fully saturated rings. The molecule has 3 heterocycles. The van der Waals surface area contributed by atoms with Crippen molar-refractivity contribution in [1.82, 2.24) is 19.3 Å². The molecule has 0 spiro atoms. The van der Waals surface area contributed by atoms with E-state index in [1.165, 1.54) is 0 Å². The highest BCUT2D eigenvalue weighted by atomic mass is 32.2. The van der Waals surface area contributed by atoms with Crippen molar-refractivity contribution in [2.24, 2.45) is 0 Å². The molecule has 8 heteroatoms. The normalized spacial score (nSPS) is 19.5. The molecule has 2 aliphatic rings. The molecule has 0 saturated carbocycles. The van der Waals surface area contributed by atoms with Crippen LogP contribution < -0.4 is 4.74 Å². The molecule has 1 saturated heterocycles. The van der Waals surface area contributed by atoms with E-state index >= 15 is 0 Å². The predicted molar refractivity (Wildman–Crippen MR) is 82.7 cm³/mol. The second-order valence-electron chi connectivity index (χ2n) is 5.85. The van der Waals surface area contributed by atoms with Gasteiger partial charge in [0.15, 0.2) is 0 Å². The molecular formula is C15H18N4O3S. The number of fused-ring (bicyclic) bond motifs is 1. The predicted octanol–water partition coefficient (Wildman–Crippen LogP) is 1.24. The summed E-state index contributed by atoms with van der Waals surface area (Å²) in [6, 6.07) is 5.32. The van der Waals surface area contributed by atoms with E-state index in [1.807, 2.05) is 0 Å². The number of aromatic nitrogens is 3. The van der Waals surface area contributed by atoms with Crippen LogP contribution in [0.25, 0.3) is 0 Å². The van der Waals surface area contributed by atoms with Gasteiger partial charge >= 0.3 is 0 Å². The second-order valence-corrected chi connectivity index (χ2v) is 7.79. The number of hydrogen-bond acceptors (Lipinski definition) is 5. The standard InChI is InChI=1S/C15H18N4O3S/c20-23(21,14-1-2-15-12(11-14)5-10-22-15)18-8-3-13(4-9-18)19-16-6-7-17-19/h1-2,6-7,11,13H,3-5,8-10H2. The van der Waals surface area contributed by atoms with Crippen molar-refractivity contribution in [2.75, 3.05) is 19.7 Å². The Bertz CT molecular complexity index is 796. The van der Waals surface area contributed by atoms with Gasteiger partial charge in [0, 0.05) is 19.5 Å². The van der Waals surface area contributed by atoms with Gasteiger partial charge in [0.2, 0.25) is 10.0 Å². The minimum atomic E-state index is -3.45. The van der Waals surface area contributed by atoms with Crippen molar-refractivity contribution in [3.8, 4) is 5.75 Å². The molecular weight excluding hydrogens is 316 g/mol. The van der Waals surface area contributed by atoms with Crippen LogP contribution in [-0.4, -0.2) is 47.4 Å². The lowest BCUT2D eigenvalue weighted by atomic mass is 10.1. The fraction of sp³-hybridized carbons (Fsp3) is 0.467. The van der Waals surface area contributed by atoms with Crippen LogP contribution in [0.15, 0.2) is 35.5 Å². The molecule has 1 aromatic heterocycles. The highest BCUT2D eigenvalue weighted by molar-refractivity contribution is 7.89. The van der Waals surface area contributed by atoms with Gasteiger partial charge < -0.3 is 4.74 Å². The van der Waals surface area contributed by atoms with Crippen LogP contribution in [0.3, 0.4) is 0 Å². The van der Waals surface area contributed by atoms with Gasteiger partial charge in [-0.1, -0.05) is 0 Å². The molecule has 7 nitrogen and oxygen atoms in total. The number of sulfonamides is 1. The van der Waals surface area contributed by atoms with Crippen LogP contribution >= 0.6 is 0 Å². The fourth-order valence-electron chi connectivity index (χ4n) is 3.20. The molecule has 0 radical (unpaired) electrons. The van der Waals surface area contributed by atoms with Crippen LogP contribution in [0.1, 0.15) is 24.4 Å².